The lowest BCUT2D eigenvalue weighted by atomic mass is 9.91. The Kier molecular flexibility index (Phi) is 6.61. The third-order valence-corrected chi connectivity index (χ3v) is 8.18. The van der Waals surface area contributed by atoms with Crippen molar-refractivity contribution in [2.45, 2.75) is 6.54 Å². The second-order valence-corrected chi connectivity index (χ2v) is 10.6. The molecule has 0 atom stereocenters. The molecule has 3 nitrogen and oxygen atoms in total. The summed E-state index contributed by atoms with van der Waals surface area (Å²) in [6, 6.07) is 51.0. The molecule has 2 heterocycles. The number of fused-ring (bicyclic) bond motifs is 6. The molecule has 0 aliphatic carbocycles. The van der Waals surface area contributed by atoms with Crippen molar-refractivity contribution in [1.29, 1.82) is 0 Å². The lowest BCUT2D eigenvalue weighted by molar-refractivity contribution is 0.961. The molecule has 0 spiro atoms. The van der Waals surface area contributed by atoms with Crippen molar-refractivity contribution in [3.63, 3.8) is 0 Å². The number of rotatable bonds is 3. The normalized spacial score (nSPS) is 11.9. The van der Waals surface area contributed by atoms with Gasteiger partial charge in [0.2, 0.25) is 0 Å². The fourth-order valence-electron chi connectivity index (χ4n) is 6.13. The molecule has 0 bridgehead atoms. The summed E-state index contributed by atoms with van der Waals surface area (Å²) in [4.78, 5) is 6.63. The fraction of sp³-hybridized carbons (Fsp3) is 0.0513. The number of aromatic nitrogens is 1. The second kappa shape index (κ2) is 10.9. The highest BCUT2D eigenvalue weighted by atomic mass is 15.2. The van der Waals surface area contributed by atoms with Crippen LogP contribution in [0.15, 0.2) is 151 Å². The van der Waals surface area contributed by atoms with Crippen molar-refractivity contribution in [2.75, 3.05) is 4.90 Å². The Bertz CT molecular complexity index is 2000. The summed E-state index contributed by atoms with van der Waals surface area (Å²) < 4.78 is 2.30. The number of aryl methyl sites for hydroxylation is 1. The van der Waals surface area contributed by atoms with E-state index >= 15 is 0 Å². The number of anilines is 2. The molecule has 7 aromatic rings. The van der Waals surface area contributed by atoms with E-state index in [2.05, 4.69) is 150 Å². The van der Waals surface area contributed by atoms with Gasteiger partial charge in [0.1, 0.15) is 0 Å². The number of aliphatic imine (C=N–C) groups is 1. The summed E-state index contributed by atoms with van der Waals surface area (Å²) in [7, 11) is 2.16. The van der Waals surface area contributed by atoms with Crippen LogP contribution < -0.4 is 4.90 Å². The summed E-state index contributed by atoms with van der Waals surface area (Å²) in [6.45, 7) is 4.59. The van der Waals surface area contributed by atoms with Gasteiger partial charge in [-0.05, 0) is 65.4 Å². The Morgan fingerprint density at radius 3 is 1.86 bits per heavy atom. The topological polar surface area (TPSA) is 20.5 Å². The van der Waals surface area contributed by atoms with Gasteiger partial charge < -0.3 is 9.47 Å². The Hall–Kier alpha value is -5.41. The largest absolute Gasteiger partial charge is 0.344 e. The smallest absolute Gasteiger partial charge is 0.0859 e. The van der Waals surface area contributed by atoms with Gasteiger partial charge in [0.15, 0.2) is 0 Å². The first-order valence-corrected chi connectivity index (χ1v) is 14.3. The number of nitrogens with zero attached hydrogens (tertiary/aromatic N) is 3. The van der Waals surface area contributed by atoms with Gasteiger partial charge in [0.25, 0.3) is 0 Å². The summed E-state index contributed by atoms with van der Waals surface area (Å²) in [5.74, 6) is 0. The zero-order chi connectivity index (χ0) is 28.5. The molecular weight excluding hydrogens is 510 g/mol. The quantitative estimate of drug-likeness (QED) is 0.204. The summed E-state index contributed by atoms with van der Waals surface area (Å²) >= 11 is 0. The van der Waals surface area contributed by atoms with Crippen molar-refractivity contribution in [1.82, 2.24) is 4.57 Å². The minimum atomic E-state index is 0.804. The molecule has 3 heteroatoms. The Morgan fingerprint density at radius 2 is 1.14 bits per heavy atom. The highest BCUT2D eigenvalue weighted by Crippen LogP contribution is 2.46. The number of hydrogen-bond donors (Lipinski definition) is 0. The molecule has 0 amide bonds. The average Bonchev–Trinajstić information content (AvgIpc) is 3.35. The van der Waals surface area contributed by atoms with Crippen LogP contribution in [0.4, 0.5) is 17.1 Å². The first-order valence-electron chi connectivity index (χ1n) is 14.3. The van der Waals surface area contributed by atoms with Crippen LogP contribution in [0.1, 0.15) is 5.56 Å². The highest BCUT2D eigenvalue weighted by Gasteiger charge is 2.25. The van der Waals surface area contributed by atoms with Crippen molar-refractivity contribution < 1.29 is 0 Å². The van der Waals surface area contributed by atoms with E-state index in [9.17, 15) is 0 Å². The third-order valence-electron chi connectivity index (χ3n) is 8.18. The van der Waals surface area contributed by atoms with Crippen LogP contribution in [0.25, 0.3) is 44.1 Å². The Morgan fingerprint density at radius 1 is 0.548 bits per heavy atom. The van der Waals surface area contributed by atoms with Crippen LogP contribution in [-0.2, 0) is 13.6 Å². The molecule has 42 heavy (non-hydrogen) atoms. The van der Waals surface area contributed by atoms with Crippen molar-refractivity contribution >= 4 is 45.6 Å². The molecular formula is C39H31N3. The molecule has 0 saturated carbocycles. The Balaban J connectivity index is 0.000000201. The van der Waals surface area contributed by atoms with Crippen LogP contribution in [0, 0.1) is 0 Å². The van der Waals surface area contributed by atoms with E-state index in [1.807, 2.05) is 24.3 Å². The van der Waals surface area contributed by atoms with Gasteiger partial charge in [-0.25, -0.2) is 0 Å². The average molecular weight is 542 g/mol. The molecule has 6 aromatic carbocycles. The highest BCUT2D eigenvalue weighted by molar-refractivity contribution is 6.10. The SMILES string of the molecule is C=Nc1ccccc1N1Cc2cc3c4ccccc4n(C)c3cc2-c2ccccc21.c1ccc(-c2ccccc2)cc1. The van der Waals surface area contributed by atoms with Crippen molar-refractivity contribution in [3.05, 3.63) is 151 Å². The van der Waals surface area contributed by atoms with E-state index in [1.54, 1.807) is 0 Å². The minimum absolute atomic E-state index is 0.804. The maximum atomic E-state index is 4.27. The first-order chi connectivity index (χ1) is 20.7. The molecule has 0 unspecified atom stereocenters. The number of benzene rings is 6. The van der Waals surface area contributed by atoms with E-state index in [1.165, 1.54) is 55.3 Å². The van der Waals surface area contributed by atoms with Crippen LogP contribution in [0.2, 0.25) is 0 Å². The summed E-state index contributed by atoms with van der Waals surface area (Å²) in [5, 5.41) is 2.61. The van der Waals surface area contributed by atoms with Gasteiger partial charge in [-0.1, -0.05) is 109 Å². The molecule has 0 saturated heterocycles. The lowest BCUT2D eigenvalue weighted by Gasteiger charge is -2.33. The van der Waals surface area contributed by atoms with Gasteiger partial charge in [0, 0.05) is 46.6 Å². The van der Waals surface area contributed by atoms with E-state index in [-0.39, 0.29) is 0 Å². The zero-order valence-corrected chi connectivity index (χ0v) is 23.6. The molecule has 8 rings (SSSR count). The third kappa shape index (κ3) is 4.46. The van der Waals surface area contributed by atoms with Gasteiger partial charge in [-0.3, -0.25) is 4.99 Å². The molecule has 1 aliphatic heterocycles. The summed E-state index contributed by atoms with van der Waals surface area (Å²) in [6.07, 6.45) is 0. The van der Waals surface area contributed by atoms with Gasteiger partial charge in [-0.15, -0.1) is 0 Å². The molecule has 202 valence electrons. The summed E-state index contributed by atoms with van der Waals surface area (Å²) in [5.41, 5.74) is 12.2. The fourth-order valence-corrected chi connectivity index (χ4v) is 6.13. The predicted octanol–water partition coefficient (Wildman–Crippen LogP) is 10.3. The maximum absolute atomic E-state index is 4.27. The van der Waals surface area contributed by atoms with Crippen molar-refractivity contribution in [2.24, 2.45) is 12.0 Å². The lowest BCUT2D eigenvalue weighted by Crippen LogP contribution is -2.21. The van der Waals surface area contributed by atoms with E-state index in [0.29, 0.717) is 0 Å². The zero-order valence-electron chi connectivity index (χ0n) is 23.6. The first kappa shape index (κ1) is 25.6. The van der Waals surface area contributed by atoms with E-state index in [0.717, 1.165) is 17.9 Å². The van der Waals surface area contributed by atoms with Crippen LogP contribution >= 0.6 is 0 Å². The molecule has 0 radical (unpaired) electrons. The maximum Gasteiger partial charge on any atom is 0.0859 e. The van der Waals surface area contributed by atoms with Crippen LogP contribution in [0.3, 0.4) is 0 Å². The Labute approximate surface area is 246 Å². The number of para-hydroxylation sites is 4. The molecule has 0 fully saturated rings. The number of hydrogen-bond acceptors (Lipinski definition) is 2. The van der Waals surface area contributed by atoms with Crippen LogP contribution in [0.5, 0.6) is 0 Å². The van der Waals surface area contributed by atoms with E-state index in [4.69, 9.17) is 0 Å². The second-order valence-electron chi connectivity index (χ2n) is 10.6. The standard InChI is InChI=1S/C27H21N3.C12H10/c1-28-23-11-5-8-14-26(23)30-17-18-15-22-20-10-3-6-12-24(20)29(2)27(22)16-21(18)19-9-4-7-13-25(19)30;1-3-7-11(8-4-1)12-9-5-2-6-10-12/h3-16H,1,17H2,2H3;1-10H. The predicted molar refractivity (Wildman–Crippen MR) is 179 cm³/mol. The van der Waals surface area contributed by atoms with Crippen molar-refractivity contribution in [3.8, 4) is 22.3 Å². The monoisotopic (exact) mass is 541 g/mol. The minimum Gasteiger partial charge on any atom is -0.344 e. The van der Waals surface area contributed by atoms with Gasteiger partial charge in [-0.2, -0.15) is 0 Å². The molecule has 1 aromatic heterocycles. The molecule has 0 N–H and O–H groups in total. The van der Waals surface area contributed by atoms with Gasteiger partial charge >= 0.3 is 0 Å². The molecule has 1 aliphatic rings. The van der Waals surface area contributed by atoms with E-state index < -0.39 is 0 Å². The van der Waals surface area contributed by atoms with Crippen LogP contribution in [-0.4, -0.2) is 11.3 Å². The van der Waals surface area contributed by atoms with Gasteiger partial charge in [0.05, 0.1) is 11.4 Å².